The SMILES string of the molecule is C=C(CCCC/C=C\CCCCCCCCCCC)CCC(=C)C1CCC2C3CCC4=CC(=O)C=CC4(C)C3CCC12C. The van der Waals surface area contributed by atoms with Crippen LogP contribution < -0.4 is 0 Å². The molecule has 6 atom stereocenters. The third-order valence-corrected chi connectivity index (χ3v) is 12.6. The fraction of sp³-hybridized carbons (Fsp3) is 0.738. The van der Waals surface area contributed by atoms with Crippen LogP contribution in [0.15, 0.2) is 60.3 Å². The summed E-state index contributed by atoms with van der Waals surface area (Å²) in [5, 5.41) is 0. The first-order chi connectivity index (χ1) is 20.8. The minimum Gasteiger partial charge on any atom is -0.290 e. The molecule has 0 heterocycles. The molecule has 4 aliphatic carbocycles. The molecule has 1 nitrogen and oxygen atoms in total. The number of allylic oxidation sites excluding steroid dienone is 8. The molecular weight excluding hydrogens is 520 g/mol. The topological polar surface area (TPSA) is 17.1 Å². The predicted octanol–water partition coefficient (Wildman–Crippen LogP) is 12.8. The lowest BCUT2D eigenvalue weighted by Gasteiger charge is -2.57. The molecule has 0 aliphatic heterocycles. The normalized spacial score (nSPS) is 31.5. The Hall–Kier alpha value is -1.63. The Balaban J connectivity index is 1.09. The molecule has 0 N–H and O–H groups in total. The summed E-state index contributed by atoms with van der Waals surface area (Å²) in [7, 11) is 0. The van der Waals surface area contributed by atoms with Gasteiger partial charge in [0, 0.05) is 5.41 Å². The van der Waals surface area contributed by atoms with Crippen LogP contribution in [0.4, 0.5) is 0 Å². The Morgan fingerprint density at radius 1 is 0.814 bits per heavy atom. The first kappa shape index (κ1) is 34.2. The first-order valence-corrected chi connectivity index (χ1v) is 18.7. The second-order valence-electron chi connectivity index (χ2n) is 15.5. The highest BCUT2D eigenvalue weighted by atomic mass is 16.1. The van der Waals surface area contributed by atoms with Crippen molar-refractivity contribution in [2.75, 3.05) is 0 Å². The molecule has 43 heavy (non-hydrogen) atoms. The minimum atomic E-state index is 0.105. The molecule has 1 heteroatoms. The van der Waals surface area contributed by atoms with Crippen molar-refractivity contribution in [1.29, 1.82) is 0 Å². The number of carbonyl (C=O) groups excluding carboxylic acids is 1. The maximum absolute atomic E-state index is 12.1. The number of hydrogen-bond acceptors (Lipinski definition) is 1. The van der Waals surface area contributed by atoms with Gasteiger partial charge in [-0.05, 0) is 131 Å². The van der Waals surface area contributed by atoms with E-state index in [-0.39, 0.29) is 11.2 Å². The van der Waals surface area contributed by atoms with Gasteiger partial charge in [0.2, 0.25) is 0 Å². The van der Waals surface area contributed by atoms with Gasteiger partial charge in [0.25, 0.3) is 0 Å². The van der Waals surface area contributed by atoms with E-state index in [1.165, 1.54) is 139 Å². The zero-order valence-electron chi connectivity index (χ0n) is 28.6. The molecule has 0 bridgehead atoms. The lowest BCUT2D eigenvalue weighted by Crippen LogP contribution is -2.49. The summed E-state index contributed by atoms with van der Waals surface area (Å²) in [6.07, 6.45) is 39.9. The molecule has 3 saturated carbocycles. The average molecular weight is 587 g/mol. The van der Waals surface area contributed by atoms with Gasteiger partial charge < -0.3 is 0 Å². The largest absolute Gasteiger partial charge is 0.290 e. The molecule has 4 aliphatic rings. The molecule has 0 aromatic heterocycles. The number of rotatable bonds is 19. The van der Waals surface area contributed by atoms with Crippen molar-refractivity contribution in [1.82, 2.24) is 0 Å². The Bertz CT molecular complexity index is 1020. The third kappa shape index (κ3) is 8.76. The van der Waals surface area contributed by atoms with Crippen molar-refractivity contribution in [2.45, 2.75) is 162 Å². The van der Waals surface area contributed by atoms with Gasteiger partial charge in [-0.15, -0.1) is 0 Å². The summed E-state index contributed by atoms with van der Waals surface area (Å²) < 4.78 is 0. The van der Waals surface area contributed by atoms with Crippen LogP contribution in [0.3, 0.4) is 0 Å². The maximum atomic E-state index is 12.1. The van der Waals surface area contributed by atoms with Gasteiger partial charge in [0.1, 0.15) is 0 Å². The van der Waals surface area contributed by atoms with Crippen LogP contribution in [-0.2, 0) is 4.79 Å². The molecule has 0 amide bonds. The van der Waals surface area contributed by atoms with Gasteiger partial charge in [-0.1, -0.05) is 120 Å². The fourth-order valence-electron chi connectivity index (χ4n) is 9.95. The molecule has 3 fully saturated rings. The van der Waals surface area contributed by atoms with E-state index in [1.807, 2.05) is 12.2 Å². The molecule has 6 unspecified atom stereocenters. The van der Waals surface area contributed by atoms with Crippen LogP contribution >= 0.6 is 0 Å². The highest BCUT2D eigenvalue weighted by molar-refractivity contribution is 6.01. The molecule has 240 valence electrons. The molecule has 4 rings (SSSR count). The third-order valence-electron chi connectivity index (χ3n) is 12.6. The summed E-state index contributed by atoms with van der Waals surface area (Å²) in [5.74, 6) is 3.18. The molecule has 0 aromatic carbocycles. The summed E-state index contributed by atoms with van der Waals surface area (Å²) in [6.45, 7) is 16.5. The second kappa shape index (κ2) is 16.6. The van der Waals surface area contributed by atoms with Crippen molar-refractivity contribution in [3.8, 4) is 0 Å². The van der Waals surface area contributed by atoms with E-state index in [2.05, 4.69) is 45.6 Å². The first-order valence-electron chi connectivity index (χ1n) is 18.7. The number of fused-ring (bicyclic) bond motifs is 5. The Morgan fingerprint density at radius 2 is 1.49 bits per heavy atom. The summed E-state index contributed by atoms with van der Waals surface area (Å²) in [6, 6.07) is 0. The van der Waals surface area contributed by atoms with Crippen LogP contribution in [0.2, 0.25) is 0 Å². The summed E-state index contributed by atoms with van der Waals surface area (Å²) in [4.78, 5) is 12.1. The lowest BCUT2D eigenvalue weighted by atomic mass is 9.47. The van der Waals surface area contributed by atoms with Crippen molar-refractivity contribution in [2.24, 2.45) is 34.5 Å². The van der Waals surface area contributed by atoms with Crippen LogP contribution in [-0.4, -0.2) is 5.78 Å². The standard InChI is InChI=1S/C42H66O/c1-6-7-8-9-10-11-12-13-14-15-16-17-18-19-20-21-33(2)22-23-34(3)38-26-27-39-37-25-24-35-32-36(43)28-30-41(35,4)40(37)29-31-42(38,39)5/h16-17,28,30,32,37-40H,2-3,6-15,18-27,29,31H2,1,4-5H3/b17-16-. The highest BCUT2D eigenvalue weighted by Crippen LogP contribution is 2.67. The summed E-state index contributed by atoms with van der Waals surface area (Å²) >= 11 is 0. The van der Waals surface area contributed by atoms with E-state index in [0.717, 1.165) is 31.1 Å². The zero-order chi connectivity index (χ0) is 30.7. The fourth-order valence-corrected chi connectivity index (χ4v) is 9.95. The van der Waals surface area contributed by atoms with Gasteiger partial charge in [0.15, 0.2) is 5.78 Å². The van der Waals surface area contributed by atoms with Gasteiger partial charge in [-0.2, -0.15) is 0 Å². The molecule has 0 aromatic rings. The Kier molecular flexibility index (Phi) is 13.2. The van der Waals surface area contributed by atoms with E-state index in [9.17, 15) is 4.79 Å². The van der Waals surface area contributed by atoms with E-state index < -0.39 is 0 Å². The number of hydrogen-bond donors (Lipinski definition) is 0. The highest BCUT2D eigenvalue weighted by Gasteiger charge is 2.58. The second-order valence-corrected chi connectivity index (χ2v) is 15.5. The van der Waals surface area contributed by atoms with Crippen LogP contribution in [0.1, 0.15) is 162 Å². The summed E-state index contributed by atoms with van der Waals surface area (Å²) in [5.41, 5.74) is 4.86. The average Bonchev–Trinajstić information content (AvgIpc) is 3.35. The molecule has 0 radical (unpaired) electrons. The van der Waals surface area contributed by atoms with Crippen molar-refractivity contribution in [3.05, 3.63) is 60.3 Å². The monoisotopic (exact) mass is 587 g/mol. The van der Waals surface area contributed by atoms with E-state index in [0.29, 0.717) is 17.3 Å². The lowest BCUT2D eigenvalue weighted by molar-refractivity contribution is -0.111. The van der Waals surface area contributed by atoms with Crippen LogP contribution in [0, 0.1) is 34.5 Å². The molecular formula is C42H66O. The van der Waals surface area contributed by atoms with Crippen molar-refractivity contribution >= 4 is 5.78 Å². The molecule has 0 spiro atoms. The van der Waals surface area contributed by atoms with E-state index in [1.54, 1.807) is 0 Å². The van der Waals surface area contributed by atoms with Gasteiger partial charge >= 0.3 is 0 Å². The smallest absolute Gasteiger partial charge is 0.178 e. The Labute approximate surface area is 266 Å². The predicted molar refractivity (Wildman–Crippen MR) is 187 cm³/mol. The number of carbonyl (C=O) groups is 1. The zero-order valence-corrected chi connectivity index (χ0v) is 28.6. The quantitative estimate of drug-likeness (QED) is 0.109. The van der Waals surface area contributed by atoms with Crippen LogP contribution in [0.25, 0.3) is 0 Å². The molecule has 0 saturated heterocycles. The van der Waals surface area contributed by atoms with Crippen molar-refractivity contribution < 1.29 is 4.79 Å². The maximum Gasteiger partial charge on any atom is 0.178 e. The van der Waals surface area contributed by atoms with Crippen molar-refractivity contribution in [3.63, 3.8) is 0 Å². The van der Waals surface area contributed by atoms with Gasteiger partial charge in [0.05, 0.1) is 0 Å². The van der Waals surface area contributed by atoms with E-state index in [4.69, 9.17) is 6.58 Å². The van der Waals surface area contributed by atoms with Gasteiger partial charge in [-0.25, -0.2) is 0 Å². The Morgan fingerprint density at radius 3 is 2.21 bits per heavy atom. The van der Waals surface area contributed by atoms with Crippen LogP contribution in [0.5, 0.6) is 0 Å². The van der Waals surface area contributed by atoms with Gasteiger partial charge in [-0.3, -0.25) is 4.79 Å². The number of unbranched alkanes of at least 4 members (excludes halogenated alkanes) is 11. The minimum absolute atomic E-state index is 0.105. The van der Waals surface area contributed by atoms with E-state index >= 15 is 0 Å². The number of ketones is 1.